The quantitative estimate of drug-likeness (QED) is 0.264. The number of nitrogens with zero attached hydrogens (tertiary/aromatic N) is 4. The Morgan fingerprint density at radius 3 is 2.74 bits per heavy atom. The van der Waals surface area contributed by atoms with Gasteiger partial charge in [-0.3, -0.25) is 4.79 Å². The Morgan fingerprint density at radius 2 is 2.00 bits per heavy atom. The molecule has 0 atom stereocenters. The number of carbonyl (C=O) groups is 1. The van der Waals surface area contributed by atoms with E-state index in [1.165, 1.54) is 19.2 Å². The predicted molar refractivity (Wildman–Crippen MR) is 128 cm³/mol. The van der Waals surface area contributed by atoms with Gasteiger partial charge >= 0.3 is 6.18 Å². The highest BCUT2D eigenvalue weighted by atomic mass is 19.4. The van der Waals surface area contributed by atoms with Crippen LogP contribution in [0, 0.1) is 5.82 Å². The molecule has 2 heterocycles. The number of hydrogen-bond acceptors (Lipinski definition) is 4. The molecule has 1 aromatic carbocycles. The van der Waals surface area contributed by atoms with Crippen molar-refractivity contribution in [2.45, 2.75) is 32.4 Å². The topological polar surface area (TPSA) is 79.6 Å². The summed E-state index contributed by atoms with van der Waals surface area (Å²) in [5.74, 6) is -1.38. The third-order valence-corrected chi connectivity index (χ3v) is 5.12. The maximum atomic E-state index is 13.5. The number of aliphatic imine (C=N–C) groups is 2. The molecule has 0 aliphatic heterocycles. The Hall–Kier alpha value is -3.95. The van der Waals surface area contributed by atoms with E-state index in [1.54, 1.807) is 6.20 Å². The third kappa shape index (κ3) is 7.26. The number of amides is 1. The normalized spacial score (nSPS) is 12.6. The SMILES string of the molecule is C=NC(CNC(=O)CCCc1ccc2cccnc2n1)=N/C=C(\C)c1ccc(F)c(C(F)(F)F)c1. The summed E-state index contributed by atoms with van der Waals surface area (Å²) in [7, 11) is 0. The van der Waals surface area contributed by atoms with Crippen LogP contribution < -0.4 is 5.32 Å². The van der Waals surface area contributed by atoms with Crippen LogP contribution in [0.5, 0.6) is 0 Å². The zero-order valence-corrected chi connectivity index (χ0v) is 18.9. The molecular weight excluding hydrogens is 462 g/mol. The number of rotatable bonds is 8. The van der Waals surface area contributed by atoms with Crippen LogP contribution in [-0.2, 0) is 17.4 Å². The molecule has 0 saturated heterocycles. The Labute approximate surface area is 199 Å². The molecule has 182 valence electrons. The first-order valence-electron chi connectivity index (χ1n) is 10.7. The summed E-state index contributed by atoms with van der Waals surface area (Å²) in [6.07, 6.45) is -0.380. The number of pyridine rings is 2. The van der Waals surface area contributed by atoms with Crippen LogP contribution in [0.4, 0.5) is 17.6 Å². The van der Waals surface area contributed by atoms with Gasteiger partial charge in [0, 0.05) is 29.9 Å². The number of fused-ring (bicyclic) bond motifs is 1. The number of allylic oxidation sites excluding steroid dienone is 1. The van der Waals surface area contributed by atoms with E-state index < -0.39 is 17.6 Å². The van der Waals surface area contributed by atoms with Gasteiger partial charge in [0.1, 0.15) is 11.7 Å². The molecule has 0 aliphatic rings. The van der Waals surface area contributed by atoms with Crippen LogP contribution in [0.1, 0.15) is 36.6 Å². The Bertz CT molecular complexity index is 1280. The molecule has 3 rings (SSSR count). The minimum atomic E-state index is -4.80. The number of aromatic nitrogens is 2. The zero-order valence-electron chi connectivity index (χ0n) is 18.9. The van der Waals surface area contributed by atoms with Gasteiger partial charge in [-0.15, -0.1) is 0 Å². The van der Waals surface area contributed by atoms with Gasteiger partial charge in [-0.05, 0) is 74.0 Å². The van der Waals surface area contributed by atoms with Crippen molar-refractivity contribution < 1.29 is 22.4 Å². The molecule has 0 spiro atoms. The van der Waals surface area contributed by atoms with Gasteiger partial charge in [0.25, 0.3) is 0 Å². The van der Waals surface area contributed by atoms with Crippen molar-refractivity contribution in [3.8, 4) is 0 Å². The first-order valence-corrected chi connectivity index (χ1v) is 10.7. The lowest BCUT2D eigenvalue weighted by Crippen LogP contribution is -2.28. The van der Waals surface area contributed by atoms with Crippen molar-refractivity contribution in [2.24, 2.45) is 9.98 Å². The van der Waals surface area contributed by atoms with E-state index >= 15 is 0 Å². The van der Waals surface area contributed by atoms with Crippen LogP contribution >= 0.6 is 0 Å². The zero-order chi connectivity index (χ0) is 25.4. The van der Waals surface area contributed by atoms with Gasteiger partial charge in [0.2, 0.25) is 5.91 Å². The number of benzene rings is 1. The minimum absolute atomic E-state index is 0.00147. The average Bonchev–Trinajstić information content (AvgIpc) is 2.83. The Balaban J connectivity index is 1.53. The molecule has 6 nitrogen and oxygen atoms in total. The van der Waals surface area contributed by atoms with Gasteiger partial charge in [0.05, 0.1) is 12.1 Å². The molecule has 3 aromatic rings. The minimum Gasteiger partial charge on any atom is -0.349 e. The summed E-state index contributed by atoms with van der Waals surface area (Å²) in [6, 6.07) is 10.3. The number of hydrogen-bond donors (Lipinski definition) is 1. The highest BCUT2D eigenvalue weighted by Crippen LogP contribution is 2.33. The molecule has 0 aliphatic carbocycles. The van der Waals surface area contributed by atoms with E-state index in [9.17, 15) is 22.4 Å². The summed E-state index contributed by atoms with van der Waals surface area (Å²) in [5.41, 5.74) is 0.670. The number of halogens is 4. The first-order chi connectivity index (χ1) is 16.7. The molecule has 0 saturated carbocycles. The highest BCUT2D eigenvalue weighted by molar-refractivity contribution is 5.92. The van der Waals surface area contributed by atoms with E-state index in [0.29, 0.717) is 24.1 Å². The average molecular weight is 485 g/mol. The highest BCUT2D eigenvalue weighted by Gasteiger charge is 2.34. The number of nitrogens with one attached hydrogen (secondary N) is 1. The number of carbonyl (C=O) groups excluding carboxylic acids is 1. The molecule has 10 heteroatoms. The van der Waals surface area contributed by atoms with Crippen LogP contribution in [0.2, 0.25) is 0 Å². The maximum Gasteiger partial charge on any atom is 0.419 e. The van der Waals surface area contributed by atoms with E-state index in [-0.39, 0.29) is 30.3 Å². The molecular formula is C25H23F4N5O. The van der Waals surface area contributed by atoms with Crippen molar-refractivity contribution in [3.63, 3.8) is 0 Å². The van der Waals surface area contributed by atoms with Gasteiger partial charge in [0.15, 0.2) is 5.65 Å². The fourth-order valence-corrected chi connectivity index (χ4v) is 3.20. The van der Waals surface area contributed by atoms with Gasteiger partial charge in [-0.25, -0.2) is 24.3 Å². The summed E-state index contributed by atoms with van der Waals surface area (Å²) in [4.78, 5) is 28.7. The van der Waals surface area contributed by atoms with E-state index in [1.807, 2.05) is 24.3 Å². The van der Waals surface area contributed by atoms with E-state index in [0.717, 1.165) is 23.2 Å². The second-order valence-electron chi connectivity index (χ2n) is 7.69. The molecule has 1 amide bonds. The second kappa shape index (κ2) is 11.5. The molecule has 1 N–H and O–H groups in total. The summed E-state index contributed by atoms with van der Waals surface area (Å²) < 4.78 is 52.3. The predicted octanol–water partition coefficient (Wildman–Crippen LogP) is 5.39. The van der Waals surface area contributed by atoms with Crippen LogP contribution in [-0.4, -0.2) is 35.0 Å². The van der Waals surface area contributed by atoms with E-state index in [4.69, 9.17) is 0 Å². The summed E-state index contributed by atoms with van der Waals surface area (Å²) in [5, 5.41) is 3.63. The van der Waals surface area contributed by atoms with Crippen molar-refractivity contribution in [1.29, 1.82) is 0 Å². The monoisotopic (exact) mass is 485 g/mol. The lowest BCUT2D eigenvalue weighted by molar-refractivity contribution is -0.140. The molecule has 0 radical (unpaired) electrons. The van der Waals surface area contributed by atoms with E-state index in [2.05, 4.69) is 32.0 Å². The fourth-order valence-electron chi connectivity index (χ4n) is 3.20. The number of amidine groups is 1. The largest absolute Gasteiger partial charge is 0.419 e. The standard InChI is InChI=1S/C25H23F4N5O/c1-16(18-9-11-21(26)20(13-18)25(27,28)29)14-32-22(30-2)15-33-23(35)7-3-6-19-10-8-17-5-4-12-31-24(17)34-19/h4-5,8-14H,2-3,6-7,15H2,1H3,(H,33,35)/b16-14+,32-22?. The van der Waals surface area contributed by atoms with Crippen molar-refractivity contribution in [1.82, 2.24) is 15.3 Å². The lowest BCUT2D eigenvalue weighted by atomic mass is 10.0. The fraction of sp³-hybridized carbons (Fsp3) is 0.240. The Kier molecular flexibility index (Phi) is 8.40. The smallest absolute Gasteiger partial charge is 0.349 e. The van der Waals surface area contributed by atoms with Crippen molar-refractivity contribution >= 4 is 35.1 Å². The third-order valence-electron chi connectivity index (χ3n) is 5.12. The first kappa shape index (κ1) is 25.7. The number of alkyl halides is 3. The molecule has 0 unspecified atom stereocenters. The van der Waals surface area contributed by atoms with Crippen molar-refractivity contribution in [3.05, 3.63) is 77.5 Å². The summed E-state index contributed by atoms with van der Waals surface area (Å²) >= 11 is 0. The van der Waals surface area contributed by atoms with Crippen LogP contribution in [0.3, 0.4) is 0 Å². The Morgan fingerprint density at radius 1 is 1.20 bits per heavy atom. The van der Waals surface area contributed by atoms with Gasteiger partial charge in [-0.1, -0.05) is 6.07 Å². The number of aryl methyl sites for hydroxylation is 1. The maximum absolute atomic E-state index is 13.5. The van der Waals surface area contributed by atoms with Crippen LogP contribution in [0.15, 0.2) is 64.8 Å². The molecule has 2 aromatic heterocycles. The van der Waals surface area contributed by atoms with Crippen molar-refractivity contribution in [2.75, 3.05) is 6.54 Å². The molecule has 0 fully saturated rings. The summed E-state index contributed by atoms with van der Waals surface area (Å²) in [6.45, 7) is 4.94. The molecule has 35 heavy (non-hydrogen) atoms. The van der Waals surface area contributed by atoms with Gasteiger partial charge < -0.3 is 5.32 Å². The second-order valence-corrected chi connectivity index (χ2v) is 7.69. The van der Waals surface area contributed by atoms with Crippen LogP contribution in [0.25, 0.3) is 16.6 Å². The lowest BCUT2D eigenvalue weighted by Gasteiger charge is -2.10. The van der Waals surface area contributed by atoms with Gasteiger partial charge in [-0.2, -0.15) is 13.2 Å². The molecule has 0 bridgehead atoms.